The van der Waals surface area contributed by atoms with Gasteiger partial charge in [0, 0.05) is 55.1 Å². The molecule has 1 atom stereocenters. The summed E-state index contributed by atoms with van der Waals surface area (Å²) in [7, 11) is 0. The van der Waals surface area contributed by atoms with Gasteiger partial charge in [-0.05, 0) is 75.0 Å². The van der Waals surface area contributed by atoms with Crippen LogP contribution in [0.3, 0.4) is 0 Å². The van der Waals surface area contributed by atoms with Gasteiger partial charge in [0.15, 0.2) is 0 Å². The number of anilines is 1. The third-order valence-electron chi connectivity index (χ3n) is 8.31. The number of carbonyl (C=O) groups is 1. The lowest BCUT2D eigenvalue weighted by Gasteiger charge is -2.42. The molecule has 6 heteroatoms. The number of carbonyl (C=O) groups excluding carboxylic acids is 1. The van der Waals surface area contributed by atoms with Crippen LogP contribution < -0.4 is 4.90 Å². The number of amides is 1. The number of rotatable bonds is 6. The van der Waals surface area contributed by atoms with Crippen molar-refractivity contribution < 1.29 is 4.79 Å². The van der Waals surface area contributed by atoms with Crippen molar-refractivity contribution >= 4 is 17.8 Å². The van der Waals surface area contributed by atoms with Crippen LogP contribution in [0.4, 0.5) is 5.82 Å². The van der Waals surface area contributed by atoms with Gasteiger partial charge in [0.05, 0.1) is 17.3 Å². The molecule has 0 spiro atoms. The van der Waals surface area contributed by atoms with Crippen LogP contribution in [0.2, 0.25) is 0 Å². The van der Waals surface area contributed by atoms with Gasteiger partial charge >= 0.3 is 0 Å². The molecule has 1 saturated heterocycles. The van der Waals surface area contributed by atoms with E-state index in [4.69, 9.17) is 4.98 Å². The Morgan fingerprint density at radius 1 is 1.19 bits per heavy atom. The molecule has 1 amide bonds. The Kier molecular flexibility index (Phi) is 5.87. The summed E-state index contributed by atoms with van der Waals surface area (Å²) in [4.78, 5) is 27.1. The zero-order valence-corrected chi connectivity index (χ0v) is 21.0. The van der Waals surface area contributed by atoms with Crippen LogP contribution in [0.25, 0.3) is 17.2 Å². The van der Waals surface area contributed by atoms with Gasteiger partial charge in [-0.15, -0.1) is 0 Å². The highest BCUT2D eigenvalue weighted by molar-refractivity contribution is 5.89. The van der Waals surface area contributed by atoms with Gasteiger partial charge in [0.2, 0.25) is 5.91 Å². The molecule has 2 aromatic heterocycles. The smallest absolute Gasteiger partial charge is 0.246 e. The molecule has 6 rings (SSSR count). The molecule has 3 heterocycles. The first-order chi connectivity index (χ1) is 17.6. The molecule has 184 valence electrons. The summed E-state index contributed by atoms with van der Waals surface area (Å²) in [5.74, 6) is 1.95. The Bertz CT molecular complexity index is 1290. The molecule has 3 aliphatic carbocycles. The van der Waals surface area contributed by atoms with Crippen LogP contribution in [0.15, 0.2) is 36.7 Å². The summed E-state index contributed by atoms with van der Waals surface area (Å²) < 4.78 is 0. The highest BCUT2D eigenvalue weighted by Gasteiger charge is 2.42. The van der Waals surface area contributed by atoms with Gasteiger partial charge in [-0.1, -0.05) is 18.2 Å². The standard InChI is InChI=1S/C30H33N5O/c1-3-20-13-24(17-32-16-20)28-19(2)25(15-31)30(33-29(28)23-9-10-23)34-11-12-35(26(18-34)22-7-8-22)27(36)14-21-5-4-6-21/h3,13-14,16-17,22-23,26H,1,4-12,18H2,2H3/t26-/m0/s1. The summed E-state index contributed by atoms with van der Waals surface area (Å²) in [5, 5.41) is 10.3. The van der Waals surface area contributed by atoms with Crippen molar-refractivity contribution in [2.75, 3.05) is 24.5 Å². The highest BCUT2D eigenvalue weighted by Crippen LogP contribution is 2.47. The van der Waals surface area contributed by atoms with Crippen LogP contribution in [-0.4, -0.2) is 46.5 Å². The zero-order chi connectivity index (χ0) is 24.8. The molecule has 0 radical (unpaired) electrons. The largest absolute Gasteiger partial charge is 0.352 e. The van der Waals surface area contributed by atoms with Gasteiger partial charge < -0.3 is 9.80 Å². The lowest BCUT2D eigenvalue weighted by molar-refractivity contribution is -0.129. The Labute approximate surface area is 213 Å². The molecule has 0 bridgehead atoms. The molecule has 4 fully saturated rings. The molecule has 0 aromatic carbocycles. The third-order valence-corrected chi connectivity index (χ3v) is 8.31. The van der Waals surface area contributed by atoms with E-state index in [2.05, 4.69) is 40.4 Å². The van der Waals surface area contributed by atoms with E-state index in [1.54, 1.807) is 12.3 Å². The topological polar surface area (TPSA) is 73.1 Å². The first kappa shape index (κ1) is 23.0. The van der Waals surface area contributed by atoms with E-state index in [1.165, 1.54) is 24.8 Å². The average molecular weight is 480 g/mol. The minimum Gasteiger partial charge on any atom is -0.352 e. The summed E-state index contributed by atoms with van der Waals surface area (Å²) in [6, 6.07) is 4.76. The number of aromatic nitrogens is 2. The van der Waals surface area contributed by atoms with E-state index in [-0.39, 0.29) is 11.9 Å². The number of piperazine rings is 1. The Hall–Kier alpha value is -3.46. The fraction of sp³-hybridized carbons (Fsp3) is 0.467. The van der Waals surface area contributed by atoms with Crippen molar-refractivity contribution in [2.24, 2.45) is 5.92 Å². The summed E-state index contributed by atoms with van der Waals surface area (Å²) in [6.07, 6.45) is 15.3. The zero-order valence-electron chi connectivity index (χ0n) is 21.0. The quantitative estimate of drug-likeness (QED) is 0.520. The van der Waals surface area contributed by atoms with E-state index in [0.29, 0.717) is 30.5 Å². The van der Waals surface area contributed by atoms with Gasteiger partial charge in [0.25, 0.3) is 0 Å². The van der Waals surface area contributed by atoms with Crippen LogP contribution in [-0.2, 0) is 4.79 Å². The van der Waals surface area contributed by atoms with Crippen LogP contribution in [0.1, 0.15) is 73.2 Å². The molecule has 2 aromatic rings. The average Bonchev–Trinajstić information content (AvgIpc) is 3.78. The molecule has 0 unspecified atom stereocenters. The van der Waals surface area contributed by atoms with Crippen LogP contribution in [0.5, 0.6) is 0 Å². The minimum atomic E-state index is 0.175. The number of allylic oxidation sites excluding steroid dienone is 1. The second-order valence-corrected chi connectivity index (χ2v) is 10.8. The SMILES string of the molecule is C=Cc1cncc(-c2c(C3CC3)nc(N3CCN(C(=O)C=C4CCC4)[C@H](C4CC4)C3)c(C#N)c2C)c1. The maximum absolute atomic E-state index is 13.1. The first-order valence-electron chi connectivity index (χ1n) is 13.3. The van der Waals surface area contributed by atoms with Crippen molar-refractivity contribution in [3.63, 3.8) is 0 Å². The van der Waals surface area contributed by atoms with Gasteiger partial charge in [0.1, 0.15) is 11.9 Å². The molecular weight excluding hydrogens is 446 g/mol. The van der Waals surface area contributed by atoms with Crippen LogP contribution in [0, 0.1) is 24.2 Å². The molecule has 4 aliphatic rings. The molecule has 0 N–H and O–H groups in total. The minimum absolute atomic E-state index is 0.175. The van der Waals surface area contributed by atoms with E-state index in [9.17, 15) is 10.1 Å². The van der Waals surface area contributed by atoms with Crippen molar-refractivity contribution in [1.82, 2.24) is 14.9 Å². The van der Waals surface area contributed by atoms with Gasteiger partial charge in [-0.25, -0.2) is 4.98 Å². The van der Waals surface area contributed by atoms with Gasteiger partial charge in [-0.2, -0.15) is 5.26 Å². The van der Waals surface area contributed by atoms with E-state index in [1.807, 2.05) is 12.3 Å². The second kappa shape index (κ2) is 9.20. The molecule has 3 saturated carbocycles. The molecule has 6 nitrogen and oxygen atoms in total. The predicted octanol–water partition coefficient (Wildman–Crippen LogP) is 5.38. The fourth-order valence-electron chi connectivity index (χ4n) is 5.74. The predicted molar refractivity (Wildman–Crippen MR) is 141 cm³/mol. The molecule has 36 heavy (non-hydrogen) atoms. The normalized spacial score (nSPS) is 21.6. The van der Waals surface area contributed by atoms with Gasteiger partial charge in [-0.3, -0.25) is 9.78 Å². The number of pyridine rings is 2. The number of hydrogen-bond acceptors (Lipinski definition) is 5. The van der Waals surface area contributed by atoms with Crippen molar-refractivity contribution in [2.45, 2.75) is 63.8 Å². The van der Waals surface area contributed by atoms with Crippen molar-refractivity contribution in [3.8, 4) is 17.2 Å². The second-order valence-electron chi connectivity index (χ2n) is 10.8. The Morgan fingerprint density at radius 2 is 2.00 bits per heavy atom. The maximum atomic E-state index is 13.1. The molecular formula is C30H33N5O. The maximum Gasteiger partial charge on any atom is 0.246 e. The van der Waals surface area contributed by atoms with Crippen LogP contribution >= 0.6 is 0 Å². The summed E-state index contributed by atoms with van der Waals surface area (Å²) in [5.41, 5.74) is 7.00. The Morgan fingerprint density at radius 3 is 2.64 bits per heavy atom. The Balaban J connectivity index is 1.36. The van der Waals surface area contributed by atoms with E-state index < -0.39 is 0 Å². The van der Waals surface area contributed by atoms with Crippen molar-refractivity contribution in [1.29, 1.82) is 5.26 Å². The molecule has 1 aliphatic heterocycles. The lowest BCUT2D eigenvalue weighted by Crippen LogP contribution is -2.56. The number of nitrogens with zero attached hydrogens (tertiary/aromatic N) is 5. The fourth-order valence-corrected chi connectivity index (χ4v) is 5.74. The third kappa shape index (κ3) is 4.21. The highest BCUT2D eigenvalue weighted by atomic mass is 16.2. The van der Waals surface area contributed by atoms with E-state index >= 15 is 0 Å². The summed E-state index contributed by atoms with van der Waals surface area (Å²) in [6.45, 7) is 8.07. The first-order valence-corrected chi connectivity index (χ1v) is 13.3. The lowest BCUT2D eigenvalue weighted by atomic mass is 9.91. The monoisotopic (exact) mass is 479 g/mol. The van der Waals surface area contributed by atoms with E-state index in [0.717, 1.165) is 66.0 Å². The summed E-state index contributed by atoms with van der Waals surface area (Å²) >= 11 is 0. The number of hydrogen-bond donors (Lipinski definition) is 0. The number of nitriles is 1. The van der Waals surface area contributed by atoms with Crippen molar-refractivity contribution in [3.05, 3.63) is 59.1 Å².